The van der Waals surface area contributed by atoms with Gasteiger partial charge in [-0.25, -0.2) is 0 Å². The molecule has 1 N–H and O–H groups in total. The summed E-state index contributed by atoms with van der Waals surface area (Å²) >= 11 is 0. The minimum absolute atomic E-state index is 0.260. The number of aliphatic hydroxyl groups excluding tert-OH is 1. The van der Waals surface area contributed by atoms with Crippen LogP contribution in [0.25, 0.3) is 0 Å². The summed E-state index contributed by atoms with van der Waals surface area (Å²) in [5.41, 5.74) is 3.64. The van der Waals surface area contributed by atoms with Crippen LogP contribution < -0.4 is 0 Å². The molecule has 1 atom stereocenters. The summed E-state index contributed by atoms with van der Waals surface area (Å²) < 4.78 is 0. The minimum atomic E-state index is -0.260. The first-order valence-electron chi connectivity index (χ1n) is 6.83. The van der Waals surface area contributed by atoms with Crippen LogP contribution in [0.3, 0.4) is 0 Å². The van der Waals surface area contributed by atoms with E-state index < -0.39 is 0 Å². The summed E-state index contributed by atoms with van der Waals surface area (Å²) in [7, 11) is 0. The van der Waals surface area contributed by atoms with Crippen LogP contribution >= 0.6 is 0 Å². The zero-order chi connectivity index (χ0) is 12.4. The first-order chi connectivity index (χ1) is 8.09. The molecule has 0 aliphatic heterocycles. The van der Waals surface area contributed by atoms with E-state index in [9.17, 15) is 5.11 Å². The van der Waals surface area contributed by atoms with Gasteiger partial charge in [0.2, 0.25) is 0 Å². The van der Waals surface area contributed by atoms with Crippen molar-refractivity contribution in [3.05, 3.63) is 34.9 Å². The van der Waals surface area contributed by atoms with Crippen LogP contribution in [0.4, 0.5) is 0 Å². The molecule has 0 bridgehead atoms. The quantitative estimate of drug-likeness (QED) is 0.811. The van der Waals surface area contributed by atoms with Crippen LogP contribution in [0, 0.1) is 25.7 Å². The van der Waals surface area contributed by atoms with Crippen molar-refractivity contribution in [2.75, 3.05) is 0 Å². The molecule has 0 heterocycles. The Bertz CT molecular complexity index is 355. The highest BCUT2D eigenvalue weighted by molar-refractivity contribution is 5.35. The summed E-state index contributed by atoms with van der Waals surface area (Å²) in [6.07, 6.45) is 4.63. The number of benzene rings is 1. The van der Waals surface area contributed by atoms with E-state index in [0.29, 0.717) is 5.92 Å². The first-order valence-corrected chi connectivity index (χ1v) is 6.83. The molecule has 0 amide bonds. The van der Waals surface area contributed by atoms with Gasteiger partial charge in [0.1, 0.15) is 0 Å². The van der Waals surface area contributed by atoms with Gasteiger partial charge in [0.05, 0.1) is 6.10 Å². The fourth-order valence-corrected chi connectivity index (χ4v) is 3.13. The summed E-state index contributed by atoms with van der Waals surface area (Å²) in [6, 6.07) is 6.29. The van der Waals surface area contributed by atoms with Gasteiger partial charge >= 0.3 is 0 Å². The predicted molar refractivity (Wildman–Crippen MR) is 72.0 cm³/mol. The lowest BCUT2D eigenvalue weighted by molar-refractivity contribution is 0.0746. The van der Waals surface area contributed by atoms with E-state index in [1.807, 2.05) is 0 Å². The van der Waals surface area contributed by atoms with E-state index in [-0.39, 0.29) is 6.10 Å². The van der Waals surface area contributed by atoms with Crippen LogP contribution in [-0.4, -0.2) is 5.11 Å². The second-order valence-electron chi connectivity index (χ2n) is 5.77. The van der Waals surface area contributed by atoms with Crippen molar-refractivity contribution in [3.8, 4) is 0 Å². The Kier molecular flexibility index (Phi) is 3.88. The topological polar surface area (TPSA) is 20.2 Å². The van der Waals surface area contributed by atoms with E-state index in [2.05, 4.69) is 39.0 Å². The number of rotatable bonds is 2. The Morgan fingerprint density at radius 3 is 2.12 bits per heavy atom. The average molecular weight is 232 g/mol. The predicted octanol–water partition coefficient (Wildman–Crippen LogP) is 4.16. The van der Waals surface area contributed by atoms with Crippen LogP contribution in [0.1, 0.15) is 55.4 Å². The van der Waals surface area contributed by atoms with Crippen LogP contribution in [0.15, 0.2) is 18.2 Å². The summed E-state index contributed by atoms with van der Waals surface area (Å²) in [5, 5.41) is 10.6. The van der Waals surface area contributed by atoms with Crippen LogP contribution in [0.2, 0.25) is 0 Å². The van der Waals surface area contributed by atoms with Gasteiger partial charge in [-0.05, 0) is 55.2 Å². The fourth-order valence-electron chi connectivity index (χ4n) is 3.13. The lowest BCUT2D eigenvalue weighted by Gasteiger charge is -2.31. The van der Waals surface area contributed by atoms with Gasteiger partial charge in [0, 0.05) is 0 Å². The molecular formula is C16H24O. The van der Waals surface area contributed by atoms with Crippen molar-refractivity contribution in [2.24, 2.45) is 11.8 Å². The minimum Gasteiger partial charge on any atom is -0.388 e. The van der Waals surface area contributed by atoms with Gasteiger partial charge in [-0.1, -0.05) is 38.0 Å². The lowest BCUT2D eigenvalue weighted by atomic mass is 9.77. The summed E-state index contributed by atoms with van der Waals surface area (Å²) in [5.74, 6) is 1.31. The second kappa shape index (κ2) is 5.22. The van der Waals surface area contributed by atoms with Gasteiger partial charge in [0.15, 0.2) is 0 Å². The van der Waals surface area contributed by atoms with E-state index in [1.54, 1.807) is 0 Å². The maximum Gasteiger partial charge on any atom is 0.0823 e. The van der Waals surface area contributed by atoms with Crippen molar-refractivity contribution in [2.45, 2.75) is 52.6 Å². The van der Waals surface area contributed by atoms with Gasteiger partial charge in [-0.2, -0.15) is 0 Å². The van der Waals surface area contributed by atoms with Crippen LogP contribution in [-0.2, 0) is 0 Å². The van der Waals surface area contributed by atoms with Gasteiger partial charge in [-0.15, -0.1) is 0 Å². The van der Waals surface area contributed by atoms with Crippen molar-refractivity contribution in [3.63, 3.8) is 0 Å². The third kappa shape index (κ3) is 2.71. The molecule has 1 saturated carbocycles. The first kappa shape index (κ1) is 12.6. The fraction of sp³-hybridized carbons (Fsp3) is 0.625. The highest BCUT2D eigenvalue weighted by Crippen LogP contribution is 2.38. The van der Waals surface area contributed by atoms with Crippen LogP contribution in [0.5, 0.6) is 0 Å². The molecule has 0 aromatic heterocycles. The van der Waals surface area contributed by atoms with Crippen molar-refractivity contribution < 1.29 is 5.11 Å². The molecule has 0 radical (unpaired) electrons. The number of aliphatic hydroxyl groups is 1. The van der Waals surface area contributed by atoms with Gasteiger partial charge in [-0.3, -0.25) is 0 Å². The van der Waals surface area contributed by atoms with E-state index in [0.717, 1.165) is 5.92 Å². The number of hydrogen-bond donors (Lipinski definition) is 1. The van der Waals surface area contributed by atoms with Crippen molar-refractivity contribution >= 4 is 0 Å². The number of hydrogen-bond acceptors (Lipinski definition) is 1. The molecule has 1 nitrogen and oxygen atoms in total. The van der Waals surface area contributed by atoms with Gasteiger partial charge in [0.25, 0.3) is 0 Å². The van der Waals surface area contributed by atoms with Crippen molar-refractivity contribution in [1.82, 2.24) is 0 Å². The standard InChI is InChI=1S/C16H24O/c1-11-7-9-14(10-8-11)16(17)15-12(2)5-4-6-13(15)3/h4-6,11,14,16-17H,7-10H2,1-3H3. The molecular weight excluding hydrogens is 208 g/mol. The largest absolute Gasteiger partial charge is 0.388 e. The third-order valence-electron chi connectivity index (χ3n) is 4.34. The monoisotopic (exact) mass is 232 g/mol. The molecule has 1 aromatic rings. The number of aryl methyl sites for hydroxylation is 2. The summed E-state index contributed by atoms with van der Waals surface area (Å²) in [6.45, 7) is 6.54. The molecule has 1 fully saturated rings. The molecule has 1 aromatic carbocycles. The zero-order valence-corrected chi connectivity index (χ0v) is 11.2. The average Bonchev–Trinajstić information content (AvgIpc) is 2.29. The van der Waals surface area contributed by atoms with E-state index in [4.69, 9.17) is 0 Å². The molecule has 1 aliphatic rings. The van der Waals surface area contributed by atoms with Crippen molar-refractivity contribution in [1.29, 1.82) is 0 Å². The Balaban J connectivity index is 2.16. The molecule has 17 heavy (non-hydrogen) atoms. The Hall–Kier alpha value is -0.820. The Morgan fingerprint density at radius 2 is 1.59 bits per heavy atom. The Morgan fingerprint density at radius 1 is 1.06 bits per heavy atom. The lowest BCUT2D eigenvalue weighted by Crippen LogP contribution is -2.20. The molecule has 1 aliphatic carbocycles. The third-order valence-corrected chi connectivity index (χ3v) is 4.34. The molecule has 0 saturated heterocycles. The molecule has 0 spiro atoms. The van der Waals surface area contributed by atoms with E-state index >= 15 is 0 Å². The normalized spacial score (nSPS) is 26.8. The Labute approximate surface area is 105 Å². The van der Waals surface area contributed by atoms with Gasteiger partial charge < -0.3 is 5.11 Å². The maximum absolute atomic E-state index is 10.6. The molecule has 2 rings (SSSR count). The highest BCUT2D eigenvalue weighted by Gasteiger charge is 2.27. The highest BCUT2D eigenvalue weighted by atomic mass is 16.3. The smallest absolute Gasteiger partial charge is 0.0823 e. The maximum atomic E-state index is 10.6. The zero-order valence-electron chi connectivity index (χ0n) is 11.2. The molecule has 1 heteroatoms. The van der Waals surface area contributed by atoms with E-state index in [1.165, 1.54) is 42.4 Å². The second-order valence-corrected chi connectivity index (χ2v) is 5.77. The SMILES string of the molecule is Cc1cccc(C)c1C(O)C1CCC(C)CC1. The summed E-state index contributed by atoms with van der Waals surface area (Å²) in [4.78, 5) is 0. The molecule has 94 valence electrons. The molecule has 1 unspecified atom stereocenters.